The Labute approximate surface area is 114 Å². The summed E-state index contributed by atoms with van der Waals surface area (Å²) in [4.78, 5) is 25.4. The molecule has 0 spiro atoms. The van der Waals surface area contributed by atoms with Crippen LogP contribution in [0.2, 0.25) is 0 Å². The second kappa shape index (κ2) is 8.87. The zero-order valence-electron chi connectivity index (χ0n) is 11.8. The van der Waals surface area contributed by atoms with E-state index in [9.17, 15) is 9.59 Å². The van der Waals surface area contributed by atoms with E-state index >= 15 is 0 Å². The van der Waals surface area contributed by atoms with Gasteiger partial charge in [-0.15, -0.1) is 0 Å². The maximum atomic E-state index is 12.4. The van der Waals surface area contributed by atoms with Crippen LogP contribution >= 0.6 is 0 Å². The lowest BCUT2D eigenvalue weighted by atomic mass is 9.98. The molecule has 0 aliphatic carbocycles. The van der Waals surface area contributed by atoms with Gasteiger partial charge in [-0.05, 0) is 26.3 Å². The summed E-state index contributed by atoms with van der Waals surface area (Å²) in [5, 5.41) is 3.21. The highest BCUT2D eigenvalue weighted by molar-refractivity contribution is 5.84. The predicted octanol–water partition coefficient (Wildman–Crippen LogP) is 0.0241. The van der Waals surface area contributed by atoms with Crippen LogP contribution in [0.15, 0.2) is 0 Å². The van der Waals surface area contributed by atoms with Crippen molar-refractivity contribution in [3.63, 3.8) is 0 Å². The number of hydrogen-bond acceptors (Lipinski definition) is 5. The highest BCUT2D eigenvalue weighted by Gasteiger charge is 2.27. The molecule has 0 radical (unpaired) electrons. The zero-order valence-corrected chi connectivity index (χ0v) is 11.8. The molecule has 0 saturated carbocycles. The van der Waals surface area contributed by atoms with Crippen LogP contribution in [0.25, 0.3) is 0 Å². The van der Waals surface area contributed by atoms with Crippen LogP contribution in [-0.2, 0) is 19.1 Å². The zero-order chi connectivity index (χ0) is 14.1. The number of nitrogens with zero attached hydrogens (tertiary/aromatic N) is 1. The number of piperidine rings is 1. The molecule has 1 fully saturated rings. The molecule has 0 aromatic rings. The Hall–Kier alpha value is -1.14. The Kier molecular flexibility index (Phi) is 7.43. The Balaban J connectivity index is 2.55. The van der Waals surface area contributed by atoms with Crippen molar-refractivity contribution in [2.24, 2.45) is 5.92 Å². The summed E-state index contributed by atoms with van der Waals surface area (Å²) >= 11 is 0. The molecule has 1 amide bonds. The lowest BCUT2D eigenvalue weighted by molar-refractivity contribution is -0.150. The molecule has 110 valence electrons. The quantitative estimate of drug-likeness (QED) is 0.662. The number of amides is 1. The van der Waals surface area contributed by atoms with Crippen LogP contribution < -0.4 is 5.32 Å². The number of carbonyl (C=O) groups is 2. The van der Waals surface area contributed by atoms with E-state index in [1.807, 2.05) is 0 Å². The van der Waals surface area contributed by atoms with E-state index in [1.165, 1.54) is 0 Å². The maximum absolute atomic E-state index is 12.4. The highest BCUT2D eigenvalue weighted by Crippen LogP contribution is 2.13. The fraction of sp³-hybridized carbons (Fsp3) is 0.846. The van der Waals surface area contributed by atoms with Crippen LogP contribution in [0, 0.1) is 5.92 Å². The van der Waals surface area contributed by atoms with Crippen molar-refractivity contribution in [2.45, 2.75) is 19.8 Å². The first-order chi connectivity index (χ1) is 9.19. The summed E-state index contributed by atoms with van der Waals surface area (Å²) in [6.45, 7) is 4.58. The van der Waals surface area contributed by atoms with Crippen molar-refractivity contribution in [2.75, 3.05) is 46.5 Å². The summed E-state index contributed by atoms with van der Waals surface area (Å²) in [5.41, 5.74) is 0. The fourth-order valence-electron chi connectivity index (χ4n) is 2.15. The Morgan fingerprint density at radius 3 is 2.79 bits per heavy atom. The average Bonchev–Trinajstić information content (AvgIpc) is 2.44. The van der Waals surface area contributed by atoms with Crippen LogP contribution in [0.5, 0.6) is 0 Å². The maximum Gasteiger partial charge on any atom is 0.325 e. The third kappa shape index (κ3) is 5.57. The molecule has 1 atom stereocenters. The first-order valence-electron chi connectivity index (χ1n) is 6.83. The largest absolute Gasteiger partial charge is 0.465 e. The predicted molar refractivity (Wildman–Crippen MR) is 70.7 cm³/mol. The van der Waals surface area contributed by atoms with Gasteiger partial charge in [0.25, 0.3) is 0 Å². The summed E-state index contributed by atoms with van der Waals surface area (Å²) in [5.74, 6) is -0.395. The van der Waals surface area contributed by atoms with Crippen LogP contribution in [0.3, 0.4) is 0 Å². The first kappa shape index (κ1) is 15.9. The third-order valence-corrected chi connectivity index (χ3v) is 3.15. The molecule has 0 unspecified atom stereocenters. The van der Waals surface area contributed by atoms with E-state index in [1.54, 1.807) is 18.9 Å². The molecule has 1 aliphatic heterocycles. The van der Waals surface area contributed by atoms with Crippen molar-refractivity contribution in [3.05, 3.63) is 0 Å². The monoisotopic (exact) mass is 272 g/mol. The van der Waals surface area contributed by atoms with Crippen molar-refractivity contribution in [1.29, 1.82) is 0 Å². The molecule has 1 rings (SSSR count). The summed E-state index contributed by atoms with van der Waals surface area (Å²) in [6, 6.07) is 0. The highest BCUT2D eigenvalue weighted by atomic mass is 16.5. The molecule has 0 aromatic heterocycles. The van der Waals surface area contributed by atoms with Gasteiger partial charge in [0.15, 0.2) is 0 Å². The number of nitrogens with one attached hydrogen (secondary N) is 1. The Morgan fingerprint density at radius 1 is 1.42 bits per heavy atom. The van der Waals surface area contributed by atoms with Crippen LogP contribution in [0.1, 0.15) is 19.8 Å². The summed E-state index contributed by atoms with van der Waals surface area (Å²) in [7, 11) is 1.58. The average molecular weight is 272 g/mol. The number of ether oxygens (including phenoxy) is 2. The van der Waals surface area contributed by atoms with Gasteiger partial charge in [-0.25, -0.2) is 0 Å². The molecule has 1 saturated heterocycles. The van der Waals surface area contributed by atoms with Crippen LogP contribution in [0.4, 0.5) is 0 Å². The number of hydrogen-bond donors (Lipinski definition) is 1. The van der Waals surface area contributed by atoms with Gasteiger partial charge in [0.2, 0.25) is 5.91 Å². The molecule has 6 heteroatoms. The summed E-state index contributed by atoms with van der Waals surface area (Å²) in [6.07, 6.45) is 1.87. The standard InChI is InChI=1S/C13H24N2O4/c1-3-19-12(16)10-15(7-8-18-2)13(17)11-5-4-6-14-9-11/h11,14H,3-10H2,1-2H3/t11-/m0/s1. The molecule has 1 N–H and O–H groups in total. The van der Waals surface area contributed by atoms with Gasteiger partial charge in [0.1, 0.15) is 6.54 Å². The first-order valence-corrected chi connectivity index (χ1v) is 6.83. The van der Waals surface area contributed by atoms with Crippen molar-refractivity contribution in [1.82, 2.24) is 10.2 Å². The molecule has 0 aromatic carbocycles. The van der Waals surface area contributed by atoms with Crippen molar-refractivity contribution >= 4 is 11.9 Å². The topological polar surface area (TPSA) is 67.9 Å². The van der Waals surface area contributed by atoms with E-state index in [0.717, 1.165) is 19.4 Å². The molecule has 1 heterocycles. The number of methoxy groups -OCH3 is 1. The van der Waals surface area contributed by atoms with E-state index in [-0.39, 0.29) is 24.3 Å². The van der Waals surface area contributed by atoms with Crippen molar-refractivity contribution in [3.8, 4) is 0 Å². The fourth-order valence-corrected chi connectivity index (χ4v) is 2.15. The molecule has 19 heavy (non-hydrogen) atoms. The van der Waals surface area contributed by atoms with Crippen LogP contribution in [-0.4, -0.2) is 63.3 Å². The normalized spacial score (nSPS) is 18.9. The number of rotatable bonds is 7. The van der Waals surface area contributed by atoms with Gasteiger partial charge < -0.3 is 19.7 Å². The van der Waals surface area contributed by atoms with E-state index in [2.05, 4.69) is 5.32 Å². The smallest absolute Gasteiger partial charge is 0.325 e. The van der Waals surface area contributed by atoms with Gasteiger partial charge in [-0.2, -0.15) is 0 Å². The lowest BCUT2D eigenvalue weighted by Crippen LogP contribution is -2.46. The minimum absolute atomic E-state index is 0.00648. The Morgan fingerprint density at radius 2 is 2.21 bits per heavy atom. The second-order valence-electron chi connectivity index (χ2n) is 4.60. The molecular weight excluding hydrogens is 248 g/mol. The Bertz CT molecular complexity index is 290. The van der Waals surface area contributed by atoms with Gasteiger partial charge >= 0.3 is 5.97 Å². The molecule has 6 nitrogen and oxygen atoms in total. The minimum Gasteiger partial charge on any atom is -0.465 e. The molecule has 0 bridgehead atoms. The third-order valence-electron chi connectivity index (χ3n) is 3.15. The SMILES string of the molecule is CCOC(=O)CN(CCOC)C(=O)[C@H]1CCCNC1. The van der Waals surface area contributed by atoms with E-state index in [4.69, 9.17) is 9.47 Å². The van der Waals surface area contributed by atoms with Gasteiger partial charge in [0, 0.05) is 20.2 Å². The van der Waals surface area contributed by atoms with Gasteiger partial charge in [-0.3, -0.25) is 9.59 Å². The molecular formula is C13H24N2O4. The minimum atomic E-state index is -0.365. The second-order valence-corrected chi connectivity index (χ2v) is 4.60. The summed E-state index contributed by atoms with van der Waals surface area (Å²) < 4.78 is 9.89. The number of carbonyl (C=O) groups excluding carboxylic acids is 2. The lowest BCUT2D eigenvalue weighted by Gasteiger charge is -2.29. The molecule has 1 aliphatic rings. The van der Waals surface area contributed by atoms with Gasteiger partial charge in [0.05, 0.1) is 19.1 Å². The van der Waals surface area contributed by atoms with Gasteiger partial charge in [-0.1, -0.05) is 0 Å². The van der Waals surface area contributed by atoms with E-state index < -0.39 is 0 Å². The van der Waals surface area contributed by atoms with E-state index in [0.29, 0.717) is 26.3 Å². The van der Waals surface area contributed by atoms with Crippen molar-refractivity contribution < 1.29 is 19.1 Å². The number of esters is 1.